The first kappa shape index (κ1) is 23.8. The van der Waals surface area contributed by atoms with E-state index in [1.165, 1.54) is 6.42 Å². The highest BCUT2D eigenvalue weighted by molar-refractivity contribution is 6.01. The number of nitrogens with one attached hydrogen (secondary N) is 1. The lowest BCUT2D eigenvalue weighted by Gasteiger charge is -2.30. The van der Waals surface area contributed by atoms with Gasteiger partial charge in [0, 0.05) is 47.7 Å². The molecule has 8 heteroatoms. The van der Waals surface area contributed by atoms with Gasteiger partial charge in [-0.1, -0.05) is 12.1 Å². The van der Waals surface area contributed by atoms with Gasteiger partial charge in [-0.05, 0) is 63.8 Å². The maximum Gasteiger partial charge on any atom is 0.411 e. The van der Waals surface area contributed by atoms with Crippen LogP contribution in [0.25, 0.3) is 22.2 Å². The van der Waals surface area contributed by atoms with E-state index in [9.17, 15) is 4.79 Å². The van der Waals surface area contributed by atoms with Gasteiger partial charge < -0.3 is 24.3 Å². The summed E-state index contributed by atoms with van der Waals surface area (Å²) in [4.78, 5) is 16.0. The van der Waals surface area contributed by atoms with E-state index in [0.29, 0.717) is 18.3 Å². The van der Waals surface area contributed by atoms with E-state index in [2.05, 4.69) is 31.6 Å². The molecule has 1 aliphatic rings. The van der Waals surface area contributed by atoms with E-state index in [-0.39, 0.29) is 6.10 Å². The normalized spacial score (nSPS) is 13.6. The van der Waals surface area contributed by atoms with Gasteiger partial charge in [0.05, 0.1) is 35.9 Å². The van der Waals surface area contributed by atoms with Gasteiger partial charge in [-0.3, -0.25) is 5.32 Å². The lowest BCUT2D eigenvalue weighted by atomic mass is 9.92. The maximum atomic E-state index is 12.0. The molecule has 0 spiro atoms. The second-order valence-corrected chi connectivity index (χ2v) is 9.55. The van der Waals surface area contributed by atoms with Gasteiger partial charge in [0.25, 0.3) is 0 Å². The third-order valence-corrected chi connectivity index (χ3v) is 6.59. The zero-order chi connectivity index (χ0) is 25.1. The number of nitrogen functional groups attached to an aromatic ring is 1. The lowest BCUT2D eigenvalue weighted by Crippen LogP contribution is -2.18. The van der Waals surface area contributed by atoms with Crippen molar-refractivity contribution in [3.8, 4) is 17.0 Å². The first-order chi connectivity index (χ1) is 17.5. The SMILES string of the molecule is CC(C)OC(=O)Nc1ccc(-c2c(N)c3ccc(OCCCn4ccnc4)cc3n2C2CCC2)cc1. The van der Waals surface area contributed by atoms with Crippen molar-refractivity contribution >= 4 is 28.4 Å². The van der Waals surface area contributed by atoms with Crippen molar-refractivity contribution in [2.45, 2.75) is 58.2 Å². The van der Waals surface area contributed by atoms with Crippen molar-refractivity contribution in [3.05, 3.63) is 61.2 Å². The third kappa shape index (κ3) is 5.03. The number of fused-ring (bicyclic) bond motifs is 1. The molecule has 2 aromatic heterocycles. The number of aryl methyl sites for hydroxylation is 1. The minimum Gasteiger partial charge on any atom is -0.493 e. The Morgan fingerprint density at radius 2 is 2.00 bits per heavy atom. The predicted molar refractivity (Wildman–Crippen MR) is 142 cm³/mol. The third-order valence-electron chi connectivity index (χ3n) is 6.59. The fraction of sp³-hybridized carbons (Fsp3) is 0.357. The van der Waals surface area contributed by atoms with Gasteiger partial charge in [-0.25, -0.2) is 9.78 Å². The number of aromatic nitrogens is 3. The second kappa shape index (κ2) is 10.4. The van der Waals surface area contributed by atoms with Crippen molar-refractivity contribution in [2.75, 3.05) is 17.7 Å². The molecule has 0 bridgehead atoms. The Hall–Kier alpha value is -3.94. The van der Waals surface area contributed by atoms with Gasteiger partial charge in [0.15, 0.2) is 0 Å². The molecule has 36 heavy (non-hydrogen) atoms. The summed E-state index contributed by atoms with van der Waals surface area (Å²) in [6.45, 7) is 5.15. The second-order valence-electron chi connectivity index (χ2n) is 9.55. The Labute approximate surface area is 211 Å². The van der Waals surface area contributed by atoms with Crippen LogP contribution in [-0.4, -0.2) is 32.9 Å². The molecule has 1 amide bonds. The molecule has 1 fully saturated rings. The molecule has 2 aromatic carbocycles. The van der Waals surface area contributed by atoms with Crippen molar-refractivity contribution in [2.24, 2.45) is 0 Å². The summed E-state index contributed by atoms with van der Waals surface area (Å²) in [7, 11) is 0. The van der Waals surface area contributed by atoms with Crippen LogP contribution in [0.5, 0.6) is 5.75 Å². The zero-order valence-corrected chi connectivity index (χ0v) is 20.8. The average molecular weight is 488 g/mol. The summed E-state index contributed by atoms with van der Waals surface area (Å²) in [5.41, 5.74) is 11.3. The number of hydrogen-bond donors (Lipinski definition) is 2. The number of ether oxygens (including phenoxy) is 2. The Balaban J connectivity index is 1.39. The van der Waals surface area contributed by atoms with Gasteiger partial charge in [0.1, 0.15) is 5.75 Å². The fourth-order valence-corrected chi connectivity index (χ4v) is 4.65. The van der Waals surface area contributed by atoms with Crippen LogP contribution in [0.15, 0.2) is 61.2 Å². The summed E-state index contributed by atoms with van der Waals surface area (Å²) in [6, 6.07) is 14.3. The van der Waals surface area contributed by atoms with Crippen molar-refractivity contribution in [3.63, 3.8) is 0 Å². The van der Waals surface area contributed by atoms with Gasteiger partial charge in [0.2, 0.25) is 0 Å². The van der Waals surface area contributed by atoms with Crippen LogP contribution in [-0.2, 0) is 11.3 Å². The molecule has 0 radical (unpaired) electrons. The molecule has 0 unspecified atom stereocenters. The van der Waals surface area contributed by atoms with E-state index in [1.807, 2.05) is 56.7 Å². The number of hydrogen-bond acceptors (Lipinski definition) is 5. The molecule has 3 N–H and O–H groups in total. The van der Waals surface area contributed by atoms with Crippen LogP contribution in [0.2, 0.25) is 0 Å². The standard InChI is InChI=1S/C28H33N5O3/c1-19(2)36-28(34)31-21-9-7-20(8-10-21)27-26(29)24-12-11-23(17-25(24)33(27)22-5-3-6-22)35-16-4-14-32-15-13-30-18-32/h7-13,15,17-19,22H,3-6,14,16,29H2,1-2H3,(H,31,34). The van der Waals surface area contributed by atoms with Gasteiger partial charge >= 0.3 is 6.09 Å². The number of anilines is 2. The number of benzene rings is 2. The van der Waals surface area contributed by atoms with Crippen molar-refractivity contribution < 1.29 is 14.3 Å². The summed E-state index contributed by atoms with van der Waals surface area (Å²) < 4.78 is 15.7. The highest BCUT2D eigenvalue weighted by Crippen LogP contribution is 2.44. The number of amides is 1. The lowest BCUT2D eigenvalue weighted by molar-refractivity contribution is 0.130. The van der Waals surface area contributed by atoms with Crippen LogP contribution < -0.4 is 15.8 Å². The van der Waals surface area contributed by atoms with Gasteiger partial charge in [-0.15, -0.1) is 0 Å². The monoisotopic (exact) mass is 487 g/mol. The molecule has 8 nitrogen and oxygen atoms in total. The largest absolute Gasteiger partial charge is 0.493 e. The topological polar surface area (TPSA) is 96.3 Å². The van der Waals surface area contributed by atoms with E-state index in [0.717, 1.165) is 59.4 Å². The average Bonchev–Trinajstić information content (AvgIpc) is 3.43. The Morgan fingerprint density at radius 3 is 2.67 bits per heavy atom. The first-order valence-electron chi connectivity index (χ1n) is 12.6. The number of nitrogens with zero attached hydrogens (tertiary/aromatic N) is 3. The van der Waals surface area contributed by atoms with Crippen LogP contribution in [0.1, 0.15) is 45.6 Å². The highest BCUT2D eigenvalue weighted by Gasteiger charge is 2.27. The highest BCUT2D eigenvalue weighted by atomic mass is 16.6. The summed E-state index contributed by atoms with van der Waals surface area (Å²) in [5.74, 6) is 0.848. The predicted octanol–water partition coefficient (Wildman–Crippen LogP) is 6.24. The van der Waals surface area contributed by atoms with Crippen LogP contribution in [0.3, 0.4) is 0 Å². The van der Waals surface area contributed by atoms with E-state index in [1.54, 1.807) is 6.20 Å². The summed E-state index contributed by atoms with van der Waals surface area (Å²) in [6.07, 6.45) is 9.32. The van der Waals surface area contributed by atoms with Crippen LogP contribution >= 0.6 is 0 Å². The van der Waals surface area contributed by atoms with E-state index < -0.39 is 6.09 Å². The first-order valence-corrected chi connectivity index (χ1v) is 12.6. The summed E-state index contributed by atoms with van der Waals surface area (Å²) in [5, 5.41) is 3.81. The molecule has 0 saturated heterocycles. The van der Waals surface area contributed by atoms with Crippen molar-refractivity contribution in [1.29, 1.82) is 0 Å². The zero-order valence-electron chi connectivity index (χ0n) is 20.8. The molecule has 4 aromatic rings. The van der Waals surface area contributed by atoms with E-state index >= 15 is 0 Å². The number of rotatable bonds is 9. The van der Waals surface area contributed by atoms with Crippen LogP contribution in [0.4, 0.5) is 16.2 Å². The Bertz CT molecular complexity index is 1320. The minimum absolute atomic E-state index is 0.173. The summed E-state index contributed by atoms with van der Waals surface area (Å²) >= 11 is 0. The Morgan fingerprint density at radius 1 is 1.19 bits per heavy atom. The minimum atomic E-state index is -0.460. The molecule has 5 rings (SSSR count). The molecule has 0 aliphatic heterocycles. The quantitative estimate of drug-likeness (QED) is 0.273. The molecule has 2 heterocycles. The fourth-order valence-electron chi connectivity index (χ4n) is 4.65. The smallest absolute Gasteiger partial charge is 0.411 e. The van der Waals surface area contributed by atoms with Gasteiger partial charge in [-0.2, -0.15) is 0 Å². The van der Waals surface area contributed by atoms with Crippen molar-refractivity contribution in [1.82, 2.24) is 14.1 Å². The molecule has 1 aliphatic carbocycles. The molecule has 1 saturated carbocycles. The number of imidazole rings is 1. The molecule has 0 atom stereocenters. The number of carbonyl (C=O) groups is 1. The Kier molecular flexibility index (Phi) is 6.84. The molecule has 188 valence electrons. The number of nitrogens with two attached hydrogens (primary N) is 1. The van der Waals surface area contributed by atoms with Crippen LogP contribution in [0, 0.1) is 0 Å². The number of carbonyl (C=O) groups excluding carboxylic acids is 1. The molecular formula is C28H33N5O3. The molecular weight excluding hydrogens is 454 g/mol. The van der Waals surface area contributed by atoms with E-state index in [4.69, 9.17) is 15.2 Å². The maximum absolute atomic E-state index is 12.0.